The molecule has 0 heterocycles. The molecular formula is C26H24O2. The Labute approximate surface area is 166 Å². The first-order valence-electron chi connectivity index (χ1n) is 9.90. The van der Waals surface area contributed by atoms with Crippen molar-refractivity contribution in [3.63, 3.8) is 0 Å². The van der Waals surface area contributed by atoms with Gasteiger partial charge in [0.1, 0.15) is 0 Å². The third-order valence-corrected chi connectivity index (χ3v) is 5.57. The maximum absolute atomic E-state index is 11.1. The lowest BCUT2D eigenvalue weighted by Gasteiger charge is -2.14. The minimum Gasteiger partial charge on any atom is -0.478 e. The largest absolute Gasteiger partial charge is 0.478 e. The van der Waals surface area contributed by atoms with Crippen LogP contribution in [0.3, 0.4) is 0 Å². The molecule has 140 valence electrons. The number of hydrogen-bond donors (Lipinski definition) is 1. The van der Waals surface area contributed by atoms with Gasteiger partial charge in [-0.15, -0.1) is 0 Å². The molecule has 0 unspecified atom stereocenters. The van der Waals surface area contributed by atoms with Gasteiger partial charge in [0.15, 0.2) is 0 Å². The van der Waals surface area contributed by atoms with Gasteiger partial charge >= 0.3 is 5.97 Å². The van der Waals surface area contributed by atoms with Gasteiger partial charge in [0.25, 0.3) is 0 Å². The Morgan fingerprint density at radius 1 is 0.750 bits per heavy atom. The molecule has 2 heteroatoms. The summed E-state index contributed by atoms with van der Waals surface area (Å²) in [6.45, 7) is 0. The number of hydrogen-bond acceptors (Lipinski definition) is 1. The van der Waals surface area contributed by atoms with Crippen LogP contribution in [0.25, 0.3) is 11.1 Å². The quantitative estimate of drug-likeness (QED) is 0.557. The third-order valence-electron chi connectivity index (χ3n) is 5.57. The number of carbonyl (C=O) groups is 1. The van der Waals surface area contributed by atoms with E-state index in [9.17, 15) is 4.79 Å². The van der Waals surface area contributed by atoms with E-state index in [1.54, 1.807) is 12.1 Å². The van der Waals surface area contributed by atoms with Crippen LogP contribution in [0.2, 0.25) is 0 Å². The lowest BCUT2D eigenvalue weighted by molar-refractivity contribution is 0.0697. The van der Waals surface area contributed by atoms with Crippen molar-refractivity contribution in [1.29, 1.82) is 0 Å². The number of rotatable bonds is 6. The highest BCUT2D eigenvalue weighted by atomic mass is 16.4. The number of allylic oxidation sites excluding steroid dienone is 2. The summed E-state index contributed by atoms with van der Waals surface area (Å²) >= 11 is 0. The molecule has 2 nitrogen and oxygen atoms in total. The molecule has 0 aromatic heterocycles. The molecule has 0 atom stereocenters. The Hall–Kier alpha value is -3.13. The number of carboxylic acid groups (broad SMARTS) is 1. The maximum Gasteiger partial charge on any atom is 0.335 e. The number of aromatic carboxylic acids is 1. The van der Waals surface area contributed by atoms with Crippen molar-refractivity contribution in [3.8, 4) is 0 Å². The zero-order valence-corrected chi connectivity index (χ0v) is 15.9. The summed E-state index contributed by atoms with van der Waals surface area (Å²) in [5.41, 5.74) is 8.39. The smallest absolute Gasteiger partial charge is 0.335 e. The first-order valence-corrected chi connectivity index (χ1v) is 9.90. The van der Waals surface area contributed by atoms with Gasteiger partial charge in [-0.25, -0.2) is 4.79 Å². The highest BCUT2D eigenvalue weighted by Gasteiger charge is 2.19. The monoisotopic (exact) mass is 368 g/mol. The Bertz CT molecular complexity index is 998. The van der Waals surface area contributed by atoms with Crippen LogP contribution >= 0.6 is 0 Å². The molecule has 0 fully saturated rings. The second-order valence-corrected chi connectivity index (χ2v) is 7.34. The lowest BCUT2D eigenvalue weighted by atomic mass is 9.91. The fraction of sp³-hybridized carbons (Fsp3) is 0.192. The Morgan fingerprint density at radius 3 is 2.18 bits per heavy atom. The van der Waals surface area contributed by atoms with Crippen LogP contribution in [0.4, 0.5) is 0 Å². The number of carboxylic acids is 1. The fourth-order valence-corrected chi connectivity index (χ4v) is 4.13. The Morgan fingerprint density at radius 2 is 1.43 bits per heavy atom. The van der Waals surface area contributed by atoms with Gasteiger partial charge in [-0.05, 0) is 77.6 Å². The first-order chi connectivity index (χ1) is 13.7. The molecule has 0 radical (unpaired) electrons. The van der Waals surface area contributed by atoms with Crippen LogP contribution < -0.4 is 0 Å². The zero-order chi connectivity index (χ0) is 19.3. The van der Waals surface area contributed by atoms with E-state index >= 15 is 0 Å². The van der Waals surface area contributed by atoms with E-state index in [2.05, 4.69) is 54.6 Å². The highest BCUT2D eigenvalue weighted by Crippen LogP contribution is 2.41. The van der Waals surface area contributed by atoms with Crippen LogP contribution in [0, 0.1) is 0 Å². The van der Waals surface area contributed by atoms with E-state index in [1.807, 2.05) is 12.1 Å². The average molecular weight is 368 g/mol. The minimum absolute atomic E-state index is 0.340. The van der Waals surface area contributed by atoms with Gasteiger partial charge in [-0.3, -0.25) is 0 Å². The molecule has 0 saturated carbocycles. The topological polar surface area (TPSA) is 37.3 Å². The van der Waals surface area contributed by atoms with Crippen molar-refractivity contribution < 1.29 is 9.90 Å². The summed E-state index contributed by atoms with van der Waals surface area (Å²) in [7, 11) is 0. The predicted molar refractivity (Wildman–Crippen MR) is 114 cm³/mol. The van der Waals surface area contributed by atoms with Crippen molar-refractivity contribution in [3.05, 3.63) is 107 Å². The van der Waals surface area contributed by atoms with Gasteiger partial charge in [-0.2, -0.15) is 0 Å². The van der Waals surface area contributed by atoms with Crippen molar-refractivity contribution in [2.24, 2.45) is 0 Å². The minimum atomic E-state index is -0.876. The maximum atomic E-state index is 11.1. The summed E-state index contributed by atoms with van der Waals surface area (Å²) in [6.07, 6.45) is 5.34. The van der Waals surface area contributed by atoms with Crippen LogP contribution in [0.1, 0.15) is 51.9 Å². The van der Waals surface area contributed by atoms with E-state index in [4.69, 9.17) is 5.11 Å². The molecule has 28 heavy (non-hydrogen) atoms. The van der Waals surface area contributed by atoms with E-state index in [-0.39, 0.29) is 0 Å². The van der Waals surface area contributed by atoms with Gasteiger partial charge in [0.05, 0.1) is 5.56 Å². The molecule has 0 amide bonds. The molecule has 1 aliphatic carbocycles. The van der Waals surface area contributed by atoms with Gasteiger partial charge in [0, 0.05) is 0 Å². The van der Waals surface area contributed by atoms with Crippen LogP contribution in [-0.4, -0.2) is 11.1 Å². The molecule has 1 N–H and O–H groups in total. The van der Waals surface area contributed by atoms with Crippen molar-refractivity contribution in [2.45, 2.75) is 32.1 Å². The summed E-state index contributed by atoms with van der Waals surface area (Å²) in [4.78, 5) is 11.1. The van der Waals surface area contributed by atoms with Gasteiger partial charge < -0.3 is 5.11 Å². The van der Waals surface area contributed by atoms with E-state index in [0.717, 1.165) is 37.7 Å². The van der Waals surface area contributed by atoms with Crippen LogP contribution in [0.15, 0.2) is 78.9 Å². The molecule has 4 rings (SSSR count). The Balaban J connectivity index is 1.65. The van der Waals surface area contributed by atoms with Crippen LogP contribution in [0.5, 0.6) is 0 Å². The second-order valence-electron chi connectivity index (χ2n) is 7.34. The van der Waals surface area contributed by atoms with Gasteiger partial charge in [0.2, 0.25) is 0 Å². The fourth-order valence-electron chi connectivity index (χ4n) is 4.13. The summed E-state index contributed by atoms with van der Waals surface area (Å²) in [6, 6.07) is 26.7. The van der Waals surface area contributed by atoms with Crippen LogP contribution in [-0.2, 0) is 12.8 Å². The molecule has 3 aromatic carbocycles. The van der Waals surface area contributed by atoms with E-state index in [0.29, 0.717) is 5.56 Å². The van der Waals surface area contributed by atoms with Crippen molar-refractivity contribution in [2.75, 3.05) is 0 Å². The summed E-state index contributed by atoms with van der Waals surface area (Å²) < 4.78 is 0. The molecule has 0 bridgehead atoms. The molecule has 1 aliphatic rings. The summed E-state index contributed by atoms with van der Waals surface area (Å²) in [5, 5.41) is 9.15. The SMILES string of the molecule is O=C(O)c1ccc(C2=C(c3ccccc3CCc3ccccc3)CCC2)cc1. The standard InChI is InChI=1S/C26H24O2/c27-26(28)22-17-15-21(16-18-22)24-11-6-12-25(24)23-10-5-4-9-20(23)14-13-19-7-2-1-3-8-19/h1-5,7-10,15-18H,6,11-14H2,(H,27,28). The molecule has 0 aliphatic heterocycles. The highest BCUT2D eigenvalue weighted by molar-refractivity contribution is 5.94. The van der Waals surface area contributed by atoms with Gasteiger partial charge in [-0.1, -0.05) is 66.7 Å². The van der Waals surface area contributed by atoms with E-state index in [1.165, 1.54) is 27.8 Å². The van der Waals surface area contributed by atoms with E-state index < -0.39 is 5.97 Å². The predicted octanol–water partition coefficient (Wildman–Crippen LogP) is 6.26. The third kappa shape index (κ3) is 3.91. The molecule has 3 aromatic rings. The number of aryl methyl sites for hydroxylation is 2. The Kier molecular flexibility index (Phi) is 5.38. The molecular weight excluding hydrogens is 344 g/mol. The second kappa shape index (κ2) is 8.26. The molecule has 0 saturated heterocycles. The van der Waals surface area contributed by atoms with Crippen molar-refractivity contribution >= 4 is 17.1 Å². The number of benzene rings is 3. The zero-order valence-electron chi connectivity index (χ0n) is 15.9. The molecule has 0 spiro atoms. The normalized spacial score (nSPS) is 13.7. The first kappa shape index (κ1) is 18.2. The lowest BCUT2D eigenvalue weighted by Crippen LogP contribution is -1.98. The summed E-state index contributed by atoms with van der Waals surface area (Å²) in [5.74, 6) is -0.876. The average Bonchev–Trinajstić information content (AvgIpc) is 3.23. The van der Waals surface area contributed by atoms with Crippen molar-refractivity contribution in [1.82, 2.24) is 0 Å².